The molecule has 3 aromatic rings. The maximum atomic E-state index is 6.44. The first-order chi connectivity index (χ1) is 13.3. The summed E-state index contributed by atoms with van der Waals surface area (Å²) >= 11 is 0. The van der Waals surface area contributed by atoms with Gasteiger partial charge in [0.25, 0.3) is 0 Å². The average molecular weight is 380 g/mol. The van der Waals surface area contributed by atoms with Crippen molar-refractivity contribution in [1.82, 2.24) is 19.7 Å². The summed E-state index contributed by atoms with van der Waals surface area (Å²) in [6.45, 7) is 6.87. The first kappa shape index (κ1) is 18.7. The van der Waals surface area contributed by atoms with E-state index in [-0.39, 0.29) is 11.6 Å². The molecule has 0 aliphatic heterocycles. The summed E-state index contributed by atoms with van der Waals surface area (Å²) in [5.41, 5.74) is 9.66. The van der Waals surface area contributed by atoms with Crippen LogP contribution < -0.4 is 16.4 Å². The van der Waals surface area contributed by atoms with Crippen molar-refractivity contribution >= 4 is 22.8 Å². The van der Waals surface area contributed by atoms with Gasteiger partial charge in [0.15, 0.2) is 5.65 Å². The fourth-order valence-corrected chi connectivity index (χ4v) is 3.33. The minimum atomic E-state index is -0.122. The van der Waals surface area contributed by atoms with Crippen molar-refractivity contribution in [2.24, 2.45) is 12.8 Å². The van der Waals surface area contributed by atoms with E-state index in [1.165, 1.54) is 18.4 Å². The van der Waals surface area contributed by atoms with Gasteiger partial charge in [0.2, 0.25) is 5.95 Å². The second-order valence-corrected chi connectivity index (χ2v) is 8.71. The molecule has 1 saturated carbocycles. The third-order valence-electron chi connectivity index (χ3n) is 4.95. The van der Waals surface area contributed by atoms with E-state index < -0.39 is 0 Å². The van der Waals surface area contributed by atoms with Gasteiger partial charge in [-0.25, -0.2) is 0 Å². The van der Waals surface area contributed by atoms with Crippen molar-refractivity contribution in [1.29, 1.82) is 0 Å². The Labute approximate surface area is 165 Å². The van der Waals surface area contributed by atoms with Crippen molar-refractivity contribution in [3.8, 4) is 0 Å². The Morgan fingerprint density at radius 3 is 2.75 bits per heavy atom. The van der Waals surface area contributed by atoms with E-state index in [4.69, 9.17) is 5.73 Å². The monoisotopic (exact) mass is 379 g/mol. The molecule has 7 heteroatoms. The van der Waals surface area contributed by atoms with Crippen LogP contribution in [0.15, 0.2) is 30.5 Å². The molecule has 7 nitrogen and oxygen atoms in total. The highest BCUT2D eigenvalue weighted by atomic mass is 15.3. The molecule has 4 rings (SSSR count). The molecule has 0 radical (unpaired) electrons. The summed E-state index contributed by atoms with van der Waals surface area (Å²) in [5.74, 6) is 2.05. The molecule has 148 valence electrons. The molecule has 2 aromatic heterocycles. The summed E-state index contributed by atoms with van der Waals surface area (Å²) < 4.78 is 1.76. The molecule has 0 bridgehead atoms. The summed E-state index contributed by atoms with van der Waals surface area (Å²) in [7, 11) is 1.88. The van der Waals surface area contributed by atoms with Crippen LogP contribution in [0, 0.1) is 0 Å². The summed E-state index contributed by atoms with van der Waals surface area (Å²) in [4.78, 5) is 9.31. The first-order valence-corrected chi connectivity index (χ1v) is 9.87. The molecule has 1 aliphatic carbocycles. The predicted molar refractivity (Wildman–Crippen MR) is 114 cm³/mol. The number of aromatic nitrogens is 4. The van der Waals surface area contributed by atoms with Gasteiger partial charge in [-0.2, -0.15) is 15.1 Å². The zero-order valence-electron chi connectivity index (χ0n) is 17.0. The molecule has 2 heterocycles. The standard InChI is InChI=1S/C21H29N7/c1-21(2,3)27-18-16-11-24-28(4)19(16)26-20(25-18)23-12-17(22)15-7-5-6-14(10-15)13-8-9-13/h5-7,10-11,13,17H,8-9,12,22H2,1-4H3,(H2,23,25,26,27). The number of aryl methyl sites for hydroxylation is 1. The normalized spacial score (nSPS) is 15.6. The Kier molecular flexibility index (Phi) is 4.71. The molecule has 1 atom stereocenters. The van der Waals surface area contributed by atoms with Gasteiger partial charge < -0.3 is 16.4 Å². The lowest BCUT2D eigenvalue weighted by Crippen LogP contribution is -2.27. The van der Waals surface area contributed by atoms with Crippen LogP contribution in [0.3, 0.4) is 0 Å². The van der Waals surface area contributed by atoms with Crippen LogP contribution in [0.5, 0.6) is 0 Å². The predicted octanol–water partition coefficient (Wildman–Crippen LogP) is 3.56. The Bertz CT molecular complexity index is 982. The number of nitrogens with one attached hydrogen (secondary N) is 2. The van der Waals surface area contributed by atoms with Crippen molar-refractivity contribution in [2.45, 2.75) is 51.1 Å². The molecule has 28 heavy (non-hydrogen) atoms. The molecule has 1 aliphatic rings. The largest absolute Gasteiger partial charge is 0.365 e. The lowest BCUT2D eigenvalue weighted by molar-refractivity contribution is 0.631. The van der Waals surface area contributed by atoms with Crippen LogP contribution in [0.1, 0.15) is 56.7 Å². The van der Waals surface area contributed by atoms with Gasteiger partial charge in [-0.3, -0.25) is 4.68 Å². The molecular weight excluding hydrogens is 350 g/mol. The van der Waals surface area contributed by atoms with E-state index >= 15 is 0 Å². The topological polar surface area (TPSA) is 93.7 Å². The second-order valence-electron chi connectivity index (χ2n) is 8.71. The Hall–Kier alpha value is -2.67. The van der Waals surface area contributed by atoms with Gasteiger partial charge in [-0.15, -0.1) is 0 Å². The Balaban J connectivity index is 1.54. The smallest absolute Gasteiger partial charge is 0.226 e. The number of nitrogens with two attached hydrogens (primary N) is 1. The minimum absolute atomic E-state index is 0.117. The van der Waals surface area contributed by atoms with Gasteiger partial charge in [-0.05, 0) is 50.7 Å². The number of hydrogen-bond donors (Lipinski definition) is 3. The lowest BCUT2D eigenvalue weighted by atomic mass is 10.0. The second kappa shape index (κ2) is 7.05. The van der Waals surface area contributed by atoms with E-state index in [1.807, 2.05) is 7.05 Å². The van der Waals surface area contributed by atoms with Crippen LogP contribution >= 0.6 is 0 Å². The average Bonchev–Trinajstić information content (AvgIpc) is 3.43. The van der Waals surface area contributed by atoms with E-state index in [0.717, 1.165) is 28.3 Å². The van der Waals surface area contributed by atoms with Gasteiger partial charge in [0.05, 0.1) is 11.6 Å². The first-order valence-electron chi connectivity index (χ1n) is 9.87. The quantitative estimate of drug-likeness (QED) is 0.606. The van der Waals surface area contributed by atoms with Crippen molar-refractivity contribution in [3.05, 3.63) is 41.6 Å². The molecule has 0 amide bonds. The fraction of sp³-hybridized carbons (Fsp3) is 0.476. The molecule has 1 fully saturated rings. The van der Waals surface area contributed by atoms with Crippen LogP contribution in [-0.2, 0) is 7.05 Å². The van der Waals surface area contributed by atoms with E-state index in [0.29, 0.717) is 12.5 Å². The number of rotatable bonds is 6. The van der Waals surface area contributed by atoms with Crippen LogP contribution in [0.2, 0.25) is 0 Å². The SMILES string of the molecule is Cn1ncc2c(NC(C)(C)C)nc(NCC(N)c3cccc(C4CC4)c3)nc21. The highest BCUT2D eigenvalue weighted by molar-refractivity contribution is 5.87. The van der Waals surface area contributed by atoms with E-state index in [1.54, 1.807) is 10.9 Å². The van der Waals surface area contributed by atoms with Gasteiger partial charge in [0, 0.05) is 25.2 Å². The third kappa shape index (κ3) is 4.09. The summed E-state index contributed by atoms with van der Waals surface area (Å²) in [6, 6.07) is 8.51. The minimum Gasteiger partial charge on any atom is -0.365 e. The highest BCUT2D eigenvalue weighted by Gasteiger charge is 2.24. The molecule has 4 N–H and O–H groups in total. The maximum Gasteiger partial charge on any atom is 0.226 e. The van der Waals surface area contributed by atoms with Gasteiger partial charge in [-0.1, -0.05) is 24.3 Å². The fourth-order valence-electron chi connectivity index (χ4n) is 3.33. The Morgan fingerprint density at radius 2 is 2.04 bits per heavy atom. The van der Waals surface area contributed by atoms with Crippen molar-refractivity contribution in [2.75, 3.05) is 17.2 Å². The number of hydrogen-bond acceptors (Lipinski definition) is 6. The number of benzene rings is 1. The highest BCUT2D eigenvalue weighted by Crippen LogP contribution is 2.40. The van der Waals surface area contributed by atoms with Crippen LogP contribution in [0.25, 0.3) is 11.0 Å². The number of fused-ring (bicyclic) bond motifs is 1. The molecule has 1 aromatic carbocycles. The zero-order valence-corrected chi connectivity index (χ0v) is 17.0. The summed E-state index contributed by atoms with van der Waals surface area (Å²) in [5, 5.41) is 12.0. The zero-order chi connectivity index (χ0) is 19.9. The van der Waals surface area contributed by atoms with E-state index in [9.17, 15) is 0 Å². The van der Waals surface area contributed by atoms with Crippen LogP contribution in [0.4, 0.5) is 11.8 Å². The van der Waals surface area contributed by atoms with Crippen LogP contribution in [-0.4, -0.2) is 31.8 Å². The maximum absolute atomic E-state index is 6.44. The number of anilines is 2. The lowest BCUT2D eigenvalue weighted by Gasteiger charge is -2.22. The van der Waals surface area contributed by atoms with Crippen molar-refractivity contribution in [3.63, 3.8) is 0 Å². The van der Waals surface area contributed by atoms with E-state index in [2.05, 4.69) is 70.7 Å². The van der Waals surface area contributed by atoms with Crippen molar-refractivity contribution < 1.29 is 0 Å². The summed E-state index contributed by atoms with van der Waals surface area (Å²) in [6.07, 6.45) is 4.38. The molecular formula is C21H29N7. The molecule has 0 spiro atoms. The Morgan fingerprint density at radius 1 is 1.25 bits per heavy atom. The third-order valence-corrected chi connectivity index (χ3v) is 4.95. The molecule has 0 saturated heterocycles. The number of nitrogens with zero attached hydrogens (tertiary/aromatic N) is 4. The van der Waals surface area contributed by atoms with Gasteiger partial charge in [0.1, 0.15) is 5.82 Å². The molecule has 1 unspecified atom stereocenters. The van der Waals surface area contributed by atoms with Gasteiger partial charge >= 0.3 is 0 Å².